The topological polar surface area (TPSA) is 109 Å². The monoisotopic (exact) mass is 449 g/mol. The van der Waals surface area contributed by atoms with Gasteiger partial charge in [-0.1, -0.05) is 13.8 Å². The number of aliphatic hydroxyl groups is 1. The van der Waals surface area contributed by atoms with E-state index in [4.69, 9.17) is 0 Å². The summed E-state index contributed by atoms with van der Waals surface area (Å²) in [6, 6.07) is 2.47. The van der Waals surface area contributed by atoms with Crippen LogP contribution in [-0.2, 0) is 22.7 Å². The zero-order valence-electron chi connectivity index (χ0n) is 16.9. The first-order chi connectivity index (χ1) is 13.9. The van der Waals surface area contributed by atoms with E-state index in [0.717, 1.165) is 10.8 Å². The molecule has 2 rings (SSSR count). The molecule has 0 aliphatic heterocycles. The highest BCUT2D eigenvalue weighted by atomic mass is 32.2. The maximum absolute atomic E-state index is 13.5. The van der Waals surface area contributed by atoms with Crippen LogP contribution in [-0.4, -0.2) is 46.8 Å². The van der Waals surface area contributed by atoms with Crippen molar-refractivity contribution in [1.29, 1.82) is 0 Å². The lowest BCUT2D eigenvalue weighted by Crippen LogP contribution is -2.45. The summed E-state index contributed by atoms with van der Waals surface area (Å²) in [5, 5.41) is 13.0. The second-order valence-electron chi connectivity index (χ2n) is 6.91. The van der Waals surface area contributed by atoms with E-state index in [1.54, 1.807) is 0 Å². The first-order valence-electron chi connectivity index (χ1n) is 9.43. The number of hydrogen-bond donors (Lipinski definition) is 3. The minimum atomic E-state index is -4.93. The van der Waals surface area contributed by atoms with Gasteiger partial charge in [-0.25, -0.2) is 23.1 Å². The molecule has 0 aliphatic rings. The zero-order chi connectivity index (χ0) is 22.6. The van der Waals surface area contributed by atoms with Gasteiger partial charge >= 0.3 is 6.18 Å². The molecular formula is C18H26F3N5O3S. The molecule has 30 heavy (non-hydrogen) atoms. The van der Waals surface area contributed by atoms with Gasteiger partial charge in [0.15, 0.2) is 0 Å². The summed E-state index contributed by atoms with van der Waals surface area (Å²) < 4.78 is 68.9. The number of aryl methyl sites for hydroxylation is 1. The van der Waals surface area contributed by atoms with Crippen molar-refractivity contribution < 1.29 is 26.7 Å². The Morgan fingerprint density at radius 2 is 1.87 bits per heavy atom. The molecule has 8 nitrogen and oxygen atoms in total. The van der Waals surface area contributed by atoms with Gasteiger partial charge in [0.25, 0.3) is 0 Å². The predicted molar refractivity (Wildman–Crippen MR) is 105 cm³/mol. The summed E-state index contributed by atoms with van der Waals surface area (Å²) >= 11 is 0. The number of aromatic nitrogens is 3. The van der Waals surface area contributed by atoms with Crippen molar-refractivity contribution in [2.24, 2.45) is 7.05 Å². The molecule has 0 spiro atoms. The molecule has 0 aromatic carbocycles. The number of sulfonamides is 1. The molecule has 0 saturated carbocycles. The maximum Gasteiger partial charge on any atom is 0.424 e. The van der Waals surface area contributed by atoms with Crippen LogP contribution in [0.4, 0.5) is 19.0 Å². The lowest BCUT2D eigenvalue weighted by atomic mass is 9.97. The fourth-order valence-corrected chi connectivity index (χ4v) is 4.25. The quantitative estimate of drug-likeness (QED) is 0.514. The normalized spacial score (nSPS) is 14.7. The second kappa shape index (κ2) is 9.31. The van der Waals surface area contributed by atoms with Crippen LogP contribution in [0.15, 0.2) is 35.6 Å². The summed E-state index contributed by atoms with van der Waals surface area (Å²) in [7, 11) is -2.37. The molecular weight excluding hydrogens is 423 g/mol. The Morgan fingerprint density at radius 1 is 1.20 bits per heavy atom. The molecule has 1 atom stereocenters. The van der Waals surface area contributed by atoms with Gasteiger partial charge in [-0.2, -0.15) is 13.2 Å². The fourth-order valence-electron chi connectivity index (χ4n) is 2.90. The molecule has 1 unspecified atom stereocenters. The van der Waals surface area contributed by atoms with Gasteiger partial charge < -0.3 is 15.0 Å². The summed E-state index contributed by atoms with van der Waals surface area (Å²) in [5.41, 5.74) is -3.14. The van der Waals surface area contributed by atoms with Crippen molar-refractivity contribution in [3.8, 4) is 0 Å². The van der Waals surface area contributed by atoms with Gasteiger partial charge in [-0.3, -0.25) is 0 Å². The third-order valence-corrected chi connectivity index (χ3v) is 6.31. The van der Waals surface area contributed by atoms with E-state index in [9.17, 15) is 26.7 Å². The highest BCUT2D eigenvalue weighted by Gasteiger charge is 2.57. The van der Waals surface area contributed by atoms with E-state index in [1.165, 1.54) is 31.6 Å². The van der Waals surface area contributed by atoms with E-state index in [1.807, 2.05) is 13.8 Å². The van der Waals surface area contributed by atoms with E-state index in [2.05, 4.69) is 20.0 Å². The Balaban J connectivity index is 2.07. The Kier molecular flexibility index (Phi) is 7.48. The molecule has 2 aromatic rings. The SMILES string of the molecule is CCC(CC)NS(=O)(=O)c1ccc(NCCC(O)(c2nccn2C)C(F)(F)F)nc1. The molecule has 0 bridgehead atoms. The fraction of sp³-hybridized carbons (Fsp3) is 0.556. The molecule has 2 aromatic heterocycles. The van der Waals surface area contributed by atoms with Crippen molar-refractivity contribution in [2.75, 3.05) is 11.9 Å². The molecule has 0 amide bonds. The smallest absolute Gasteiger partial charge is 0.374 e. The Labute approximate surface area is 173 Å². The van der Waals surface area contributed by atoms with Gasteiger partial charge in [0, 0.05) is 44.6 Å². The molecule has 0 saturated heterocycles. The average molecular weight is 449 g/mol. The highest BCUT2D eigenvalue weighted by molar-refractivity contribution is 7.89. The number of alkyl halides is 3. The van der Waals surface area contributed by atoms with Crippen LogP contribution < -0.4 is 10.0 Å². The van der Waals surface area contributed by atoms with E-state index < -0.39 is 34.0 Å². The average Bonchev–Trinajstić information content (AvgIpc) is 3.12. The van der Waals surface area contributed by atoms with Gasteiger partial charge in [0.1, 0.15) is 16.5 Å². The first kappa shape index (κ1) is 24.1. The minimum absolute atomic E-state index is 0.0419. The number of anilines is 1. The van der Waals surface area contributed by atoms with Crippen molar-refractivity contribution in [3.05, 3.63) is 36.5 Å². The number of imidazole rings is 1. The Bertz CT molecular complexity index is 927. The number of hydrogen-bond acceptors (Lipinski definition) is 6. The van der Waals surface area contributed by atoms with Crippen LogP contribution in [0.25, 0.3) is 0 Å². The van der Waals surface area contributed by atoms with Crippen molar-refractivity contribution in [2.45, 2.75) is 55.8 Å². The lowest BCUT2D eigenvalue weighted by molar-refractivity contribution is -0.271. The van der Waals surface area contributed by atoms with Gasteiger partial charge in [-0.15, -0.1) is 0 Å². The zero-order valence-corrected chi connectivity index (χ0v) is 17.8. The molecule has 168 valence electrons. The molecule has 0 radical (unpaired) electrons. The van der Waals surface area contributed by atoms with E-state index >= 15 is 0 Å². The van der Waals surface area contributed by atoms with Gasteiger partial charge in [0.05, 0.1) is 0 Å². The van der Waals surface area contributed by atoms with Crippen LogP contribution >= 0.6 is 0 Å². The minimum Gasteiger partial charge on any atom is -0.374 e. The number of nitrogens with one attached hydrogen (secondary N) is 2. The van der Waals surface area contributed by atoms with Crippen molar-refractivity contribution in [1.82, 2.24) is 19.3 Å². The van der Waals surface area contributed by atoms with Crippen LogP contribution in [0.3, 0.4) is 0 Å². The standard InChI is InChI=1S/C18H26F3N5O3S/c1-4-13(5-2)25-30(28,29)14-6-7-15(24-12-14)22-9-8-17(27,18(19,20)21)16-23-10-11-26(16)3/h6-7,10-13,25,27H,4-5,8-9H2,1-3H3,(H,22,24). The molecule has 0 fully saturated rings. The summed E-state index contributed by atoms with van der Waals surface area (Å²) in [6.45, 7) is 3.47. The number of rotatable bonds is 10. The van der Waals surface area contributed by atoms with Crippen molar-refractivity contribution >= 4 is 15.8 Å². The second-order valence-corrected chi connectivity index (χ2v) is 8.62. The summed E-state index contributed by atoms with van der Waals surface area (Å²) in [4.78, 5) is 7.54. The van der Waals surface area contributed by atoms with Gasteiger partial charge in [-0.05, 0) is 25.0 Å². The molecule has 12 heteroatoms. The number of halogens is 3. The molecule has 2 heterocycles. The van der Waals surface area contributed by atoms with Crippen molar-refractivity contribution in [3.63, 3.8) is 0 Å². The lowest BCUT2D eigenvalue weighted by Gasteiger charge is -2.30. The molecule has 0 aliphatic carbocycles. The van der Waals surface area contributed by atoms with E-state index in [0.29, 0.717) is 12.8 Å². The van der Waals surface area contributed by atoms with E-state index in [-0.39, 0.29) is 23.3 Å². The third-order valence-electron chi connectivity index (χ3n) is 4.81. The summed E-state index contributed by atoms with van der Waals surface area (Å²) in [5.74, 6) is -0.334. The van der Waals surface area contributed by atoms with Crippen LogP contribution in [0, 0.1) is 0 Å². The van der Waals surface area contributed by atoms with Crippen LogP contribution in [0.1, 0.15) is 38.9 Å². The largest absolute Gasteiger partial charge is 0.424 e. The molecule has 3 N–H and O–H groups in total. The number of nitrogens with zero attached hydrogens (tertiary/aromatic N) is 3. The maximum atomic E-state index is 13.5. The third kappa shape index (κ3) is 5.29. The predicted octanol–water partition coefficient (Wildman–Crippen LogP) is 2.53. The van der Waals surface area contributed by atoms with Crippen LogP contribution in [0.5, 0.6) is 0 Å². The highest BCUT2D eigenvalue weighted by Crippen LogP contribution is 2.40. The first-order valence-corrected chi connectivity index (χ1v) is 10.9. The summed E-state index contributed by atoms with van der Waals surface area (Å²) in [6.07, 6.45) is -0.742. The van der Waals surface area contributed by atoms with Gasteiger partial charge in [0.2, 0.25) is 15.6 Å². The Morgan fingerprint density at radius 3 is 2.33 bits per heavy atom. The Hall–Kier alpha value is -2.18. The number of pyridine rings is 1. The van der Waals surface area contributed by atoms with Crippen LogP contribution in [0.2, 0.25) is 0 Å².